The third-order valence-electron chi connectivity index (χ3n) is 2.64. The van der Waals surface area contributed by atoms with Gasteiger partial charge in [-0.2, -0.15) is 0 Å². The highest BCUT2D eigenvalue weighted by Crippen LogP contribution is 2.35. The number of hydrogen-bond acceptors (Lipinski definition) is 0. The summed E-state index contributed by atoms with van der Waals surface area (Å²) in [7, 11) is 0. The van der Waals surface area contributed by atoms with Gasteiger partial charge in [0.2, 0.25) is 0 Å². The summed E-state index contributed by atoms with van der Waals surface area (Å²) in [6.45, 7) is 4.56. The Bertz CT molecular complexity index is 139. The van der Waals surface area contributed by atoms with Crippen molar-refractivity contribution in [3.8, 4) is 12.3 Å². The Hall–Kier alpha value is -0.440. The highest BCUT2D eigenvalue weighted by atomic mass is 14.3. The van der Waals surface area contributed by atoms with Gasteiger partial charge in [-0.25, -0.2) is 0 Å². The van der Waals surface area contributed by atoms with Crippen molar-refractivity contribution < 1.29 is 0 Å². The van der Waals surface area contributed by atoms with Gasteiger partial charge in [0, 0.05) is 5.92 Å². The minimum Gasteiger partial charge on any atom is -0.120 e. The maximum absolute atomic E-state index is 5.41. The first-order valence-electron chi connectivity index (χ1n) is 4.22. The molecule has 0 spiro atoms. The standard InChI is InChI=1S/C10H16/c1-4-9-6-5-7-10(9)8(2)3/h1,8-10H,5-7H2,2-3H3/t9-,10-/m1/s1. The van der Waals surface area contributed by atoms with Crippen molar-refractivity contribution in [1.29, 1.82) is 0 Å². The van der Waals surface area contributed by atoms with Crippen LogP contribution in [0.5, 0.6) is 0 Å². The molecule has 56 valence electrons. The van der Waals surface area contributed by atoms with Crippen LogP contribution in [0.1, 0.15) is 33.1 Å². The Labute approximate surface area is 64.0 Å². The van der Waals surface area contributed by atoms with Crippen LogP contribution in [0.25, 0.3) is 0 Å². The molecule has 2 atom stereocenters. The summed E-state index contributed by atoms with van der Waals surface area (Å²) < 4.78 is 0. The maximum Gasteiger partial charge on any atom is 0.0230 e. The Kier molecular flexibility index (Phi) is 2.38. The van der Waals surface area contributed by atoms with E-state index < -0.39 is 0 Å². The van der Waals surface area contributed by atoms with E-state index in [9.17, 15) is 0 Å². The Morgan fingerprint density at radius 1 is 1.40 bits per heavy atom. The van der Waals surface area contributed by atoms with E-state index in [1.54, 1.807) is 0 Å². The highest BCUT2D eigenvalue weighted by Gasteiger charge is 2.27. The predicted octanol–water partition coefficient (Wildman–Crippen LogP) is 2.69. The minimum atomic E-state index is 0.583. The van der Waals surface area contributed by atoms with Crippen LogP contribution >= 0.6 is 0 Å². The molecule has 1 aliphatic rings. The van der Waals surface area contributed by atoms with Crippen molar-refractivity contribution in [3.05, 3.63) is 0 Å². The second-order valence-corrected chi connectivity index (χ2v) is 3.61. The quantitative estimate of drug-likeness (QED) is 0.486. The van der Waals surface area contributed by atoms with Gasteiger partial charge in [0.1, 0.15) is 0 Å². The molecule has 0 amide bonds. The zero-order valence-electron chi connectivity index (χ0n) is 6.93. The van der Waals surface area contributed by atoms with Gasteiger partial charge in [0.05, 0.1) is 0 Å². The lowest BCUT2D eigenvalue weighted by Crippen LogP contribution is -2.12. The number of rotatable bonds is 1. The van der Waals surface area contributed by atoms with Crippen LogP contribution in [0.4, 0.5) is 0 Å². The molecule has 0 heteroatoms. The van der Waals surface area contributed by atoms with E-state index >= 15 is 0 Å². The number of terminal acetylenes is 1. The maximum atomic E-state index is 5.41. The zero-order valence-corrected chi connectivity index (χ0v) is 6.93. The van der Waals surface area contributed by atoms with Crippen molar-refractivity contribution in [2.45, 2.75) is 33.1 Å². The molecule has 1 saturated carbocycles. The Morgan fingerprint density at radius 3 is 2.50 bits per heavy atom. The van der Waals surface area contributed by atoms with E-state index in [-0.39, 0.29) is 0 Å². The van der Waals surface area contributed by atoms with Crippen molar-refractivity contribution in [3.63, 3.8) is 0 Å². The lowest BCUT2D eigenvalue weighted by atomic mass is 9.87. The molecule has 1 aliphatic carbocycles. The predicted molar refractivity (Wildman–Crippen MR) is 44.5 cm³/mol. The molecule has 0 heterocycles. The molecular formula is C10H16. The summed E-state index contributed by atoms with van der Waals surface area (Å²) in [4.78, 5) is 0. The average Bonchev–Trinajstić information content (AvgIpc) is 2.33. The molecule has 0 aromatic rings. The van der Waals surface area contributed by atoms with Crippen LogP contribution in [0.3, 0.4) is 0 Å². The summed E-state index contributed by atoms with van der Waals surface area (Å²) in [5.41, 5.74) is 0. The third kappa shape index (κ3) is 1.34. The topological polar surface area (TPSA) is 0 Å². The van der Waals surface area contributed by atoms with E-state index in [1.165, 1.54) is 19.3 Å². The first-order valence-corrected chi connectivity index (χ1v) is 4.22. The SMILES string of the molecule is C#C[C@@H]1CCC[C@@H]1C(C)C. The lowest BCUT2D eigenvalue weighted by Gasteiger charge is -2.17. The first-order chi connectivity index (χ1) is 4.75. The molecule has 10 heavy (non-hydrogen) atoms. The first kappa shape index (κ1) is 7.66. The van der Waals surface area contributed by atoms with Gasteiger partial charge in [-0.15, -0.1) is 12.3 Å². The van der Waals surface area contributed by atoms with Gasteiger partial charge in [-0.3, -0.25) is 0 Å². The van der Waals surface area contributed by atoms with E-state index in [4.69, 9.17) is 6.42 Å². The van der Waals surface area contributed by atoms with Gasteiger partial charge < -0.3 is 0 Å². The van der Waals surface area contributed by atoms with Crippen molar-refractivity contribution in [2.24, 2.45) is 17.8 Å². The van der Waals surface area contributed by atoms with Gasteiger partial charge >= 0.3 is 0 Å². The Morgan fingerprint density at radius 2 is 2.10 bits per heavy atom. The molecular weight excluding hydrogens is 120 g/mol. The average molecular weight is 136 g/mol. The number of hydrogen-bond donors (Lipinski definition) is 0. The minimum absolute atomic E-state index is 0.583. The van der Waals surface area contributed by atoms with E-state index in [0.29, 0.717) is 5.92 Å². The smallest absolute Gasteiger partial charge is 0.0230 e. The third-order valence-corrected chi connectivity index (χ3v) is 2.64. The van der Waals surface area contributed by atoms with Crippen LogP contribution in [-0.4, -0.2) is 0 Å². The molecule has 0 radical (unpaired) electrons. The molecule has 0 bridgehead atoms. The van der Waals surface area contributed by atoms with Gasteiger partial charge in [0.15, 0.2) is 0 Å². The van der Waals surface area contributed by atoms with Crippen LogP contribution in [-0.2, 0) is 0 Å². The van der Waals surface area contributed by atoms with Gasteiger partial charge in [-0.05, 0) is 24.7 Å². The van der Waals surface area contributed by atoms with Crippen molar-refractivity contribution >= 4 is 0 Å². The molecule has 0 N–H and O–H groups in total. The fourth-order valence-electron chi connectivity index (χ4n) is 1.99. The van der Waals surface area contributed by atoms with Crippen LogP contribution in [0, 0.1) is 30.1 Å². The van der Waals surface area contributed by atoms with Crippen molar-refractivity contribution in [2.75, 3.05) is 0 Å². The molecule has 0 saturated heterocycles. The van der Waals surface area contributed by atoms with E-state index in [2.05, 4.69) is 19.8 Å². The summed E-state index contributed by atoms with van der Waals surface area (Å²) in [6, 6.07) is 0. The molecule has 1 fully saturated rings. The molecule has 0 nitrogen and oxygen atoms in total. The molecule has 0 aromatic heterocycles. The van der Waals surface area contributed by atoms with E-state index in [0.717, 1.165) is 11.8 Å². The Balaban J connectivity index is 2.52. The highest BCUT2D eigenvalue weighted by molar-refractivity contribution is 4.99. The zero-order chi connectivity index (χ0) is 7.56. The summed E-state index contributed by atoms with van der Waals surface area (Å²) >= 11 is 0. The second kappa shape index (κ2) is 3.10. The molecule has 0 aliphatic heterocycles. The van der Waals surface area contributed by atoms with Gasteiger partial charge in [0.25, 0.3) is 0 Å². The van der Waals surface area contributed by atoms with Crippen molar-refractivity contribution in [1.82, 2.24) is 0 Å². The molecule has 0 aromatic carbocycles. The monoisotopic (exact) mass is 136 g/mol. The van der Waals surface area contributed by atoms with Crippen LogP contribution in [0.15, 0.2) is 0 Å². The van der Waals surface area contributed by atoms with Gasteiger partial charge in [-0.1, -0.05) is 20.3 Å². The molecule has 0 unspecified atom stereocenters. The van der Waals surface area contributed by atoms with E-state index in [1.807, 2.05) is 0 Å². The summed E-state index contributed by atoms with van der Waals surface area (Å²) in [6.07, 6.45) is 9.37. The largest absolute Gasteiger partial charge is 0.120 e. The fourth-order valence-corrected chi connectivity index (χ4v) is 1.99. The lowest BCUT2D eigenvalue weighted by molar-refractivity contribution is 0.347. The fraction of sp³-hybridized carbons (Fsp3) is 0.800. The second-order valence-electron chi connectivity index (χ2n) is 3.61. The van der Waals surface area contributed by atoms with Crippen LogP contribution in [0.2, 0.25) is 0 Å². The summed E-state index contributed by atoms with van der Waals surface area (Å²) in [5, 5.41) is 0. The summed E-state index contributed by atoms with van der Waals surface area (Å²) in [5.74, 6) is 5.07. The molecule has 1 rings (SSSR count). The normalized spacial score (nSPS) is 32.6. The van der Waals surface area contributed by atoms with Crippen LogP contribution < -0.4 is 0 Å².